The number of aliphatic hydroxyl groups is 1. The second kappa shape index (κ2) is 7.49. The molecule has 1 atom stereocenters. The number of nitrogens with zero attached hydrogens (tertiary/aromatic N) is 1. The molecule has 0 radical (unpaired) electrons. The lowest BCUT2D eigenvalue weighted by atomic mass is 10.1. The Hall–Kier alpha value is -2.08. The third kappa shape index (κ3) is 4.89. The van der Waals surface area contributed by atoms with E-state index in [0.29, 0.717) is 12.2 Å². The Labute approximate surface area is 118 Å². The van der Waals surface area contributed by atoms with E-state index in [0.717, 1.165) is 5.56 Å². The maximum absolute atomic E-state index is 11.9. The number of amides is 3. The van der Waals surface area contributed by atoms with E-state index in [2.05, 4.69) is 10.6 Å². The van der Waals surface area contributed by atoms with Gasteiger partial charge in [0.15, 0.2) is 0 Å². The highest BCUT2D eigenvalue weighted by molar-refractivity contribution is 5.89. The van der Waals surface area contributed by atoms with Gasteiger partial charge in [-0.05, 0) is 24.6 Å². The summed E-state index contributed by atoms with van der Waals surface area (Å²) in [6.45, 7) is 2.03. The van der Waals surface area contributed by atoms with E-state index in [1.165, 1.54) is 4.90 Å². The van der Waals surface area contributed by atoms with Crippen LogP contribution in [0.3, 0.4) is 0 Å². The number of nitrogens with one attached hydrogen (secondary N) is 2. The summed E-state index contributed by atoms with van der Waals surface area (Å²) in [7, 11) is 3.19. The third-order valence-corrected chi connectivity index (χ3v) is 2.94. The Morgan fingerprint density at radius 2 is 1.90 bits per heavy atom. The molecule has 0 aromatic heterocycles. The third-order valence-electron chi connectivity index (χ3n) is 2.94. The van der Waals surface area contributed by atoms with Crippen molar-refractivity contribution in [2.45, 2.75) is 19.4 Å². The Morgan fingerprint density at radius 3 is 2.40 bits per heavy atom. The first-order valence-corrected chi connectivity index (χ1v) is 6.44. The molecular formula is C14H21N3O3. The molecule has 0 aliphatic heterocycles. The van der Waals surface area contributed by atoms with Crippen LogP contribution in [-0.4, -0.2) is 42.6 Å². The minimum atomic E-state index is -0.532. The predicted octanol–water partition coefficient (Wildman–Crippen LogP) is 1.34. The molecule has 110 valence electrons. The summed E-state index contributed by atoms with van der Waals surface area (Å²) >= 11 is 0. The van der Waals surface area contributed by atoms with Crippen LogP contribution in [0.2, 0.25) is 0 Å². The van der Waals surface area contributed by atoms with Crippen molar-refractivity contribution in [3.63, 3.8) is 0 Å². The van der Waals surface area contributed by atoms with Gasteiger partial charge in [-0.25, -0.2) is 4.79 Å². The first-order valence-electron chi connectivity index (χ1n) is 6.44. The van der Waals surface area contributed by atoms with E-state index in [9.17, 15) is 14.7 Å². The van der Waals surface area contributed by atoms with Gasteiger partial charge in [0.05, 0.1) is 6.10 Å². The quantitative estimate of drug-likeness (QED) is 0.760. The van der Waals surface area contributed by atoms with Gasteiger partial charge in [0, 0.05) is 32.7 Å². The van der Waals surface area contributed by atoms with E-state index in [4.69, 9.17) is 0 Å². The van der Waals surface area contributed by atoms with Crippen LogP contribution in [0.25, 0.3) is 0 Å². The standard InChI is InChI=1S/C14H21N3O3/c1-10(18)11-4-6-12(7-5-11)16-14(20)17(3)9-8-13(19)15-2/h4-7,10,18H,8-9H2,1-3H3,(H,15,19)(H,16,20). The van der Waals surface area contributed by atoms with Crippen LogP contribution < -0.4 is 10.6 Å². The van der Waals surface area contributed by atoms with Gasteiger partial charge in [-0.2, -0.15) is 0 Å². The van der Waals surface area contributed by atoms with Crippen LogP contribution in [0.4, 0.5) is 10.5 Å². The van der Waals surface area contributed by atoms with Crippen molar-refractivity contribution >= 4 is 17.6 Å². The molecule has 0 heterocycles. The molecule has 1 rings (SSSR count). The van der Waals surface area contributed by atoms with Crippen LogP contribution in [0.5, 0.6) is 0 Å². The van der Waals surface area contributed by atoms with Gasteiger partial charge >= 0.3 is 6.03 Å². The number of carbonyl (C=O) groups excluding carboxylic acids is 2. The first kappa shape index (κ1) is 16.0. The number of rotatable bonds is 5. The number of urea groups is 1. The molecule has 0 fully saturated rings. The highest BCUT2D eigenvalue weighted by Crippen LogP contribution is 2.15. The largest absolute Gasteiger partial charge is 0.389 e. The van der Waals surface area contributed by atoms with Gasteiger partial charge in [-0.3, -0.25) is 4.79 Å². The monoisotopic (exact) mass is 279 g/mol. The minimum absolute atomic E-state index is 0.106. The lowest BCUT2D eigenvalue weighted by Gasteiger charge is -2.17. The van der Waals surface area contributed by atoms with Gasteiger partial charge in [0.1, 0.15) is 0 Å². The zero-order chi connectivity index (χ0) is 15.1. The fraction of sp³-hybridized carbons (Fsp3) is 0.429. The van der Waals surface area contributed by atoms with Crippen molar-refractivity contribution in [1.82, 2.24) is 10.2 Å². The Balaban J connectivity index is 2.50. The van der Waals surface area contributed by atoms with Gasteiger partial charge < -0.3 is 20.6 Å². The number of benzene rings is 1. The zero-order valence-electron chi connectivity index (χ0n) is 12.0. The molecule has 0 spiro atoms. The molecule has 0 aliphatic rings. The summed E-state index contributed by atoms with van der Waals surface area (Å²) in [5, 5.41) is 14.6. The van der Waals surface area contributed by atoms with Crippen molar-refractivity contribution in [3.05, 3.63) is 29.8 Å². The zero-order valence-corrected chi connectivity index (χ0v) is 12.0. The normalized spacial score (nSPS) is 11.6. The van der Waals surface area contributed by atoms with Crippen LogP contribution >= 0.6 is 0 Å². The lowest BCUT2D eigenvalue weighted by molar-refractivity contribution is -0.120. The number of hydrogen-bond acceptors (Lipinski definition) is 3. The number of anilines is 1. The summed E-state index contributed by atoms with van der Waals surface area (Å²) in [5.74, 6) is -0.106. The fourth-order valence-electron chi connectivity index (χ4n) is 1.56. The Kier molecular flexibility index (Phi) is 5.99. The molecular weight excluding hydrogens is 258 g/mol. The molecule has 0 bridgehead atoms. The molecule has 0 aliphatic carbocycles. The molecule has 3 amide bonds. The van der Waals surface area contributed by atoms with Crippen molar-refractivity contribution in [2.24, 2.45) is 0 Å². The van der Waals surface area contributed by atoms with Crippen molar-refractivity contribution in [1.29, 1.82) is 0 Å². The van der Waals surface area contributed by atoms with E-state index in [-0.39, 0.29) is 18.4 Å². The summed E-state index contributed by atoms with van der Waals surface area (Å²) in [5.41, 5.74) is 1.43. The molecule has 1 aromatic carbocycles. The molecule has 3 N–H and O–H groups in total. The molecule has 1 unspecified atom stereocenters. The number of hydrogen-bond donors (Lipinski definition) is 3. The lowest BCUT2D eigenvalue weighted by Crippen LogP contribution is -2.34. The van der Waals surface area contributed by atoms with E-state index < -0.39 is 6.10 Å². The number of aliphatic hydroxyl groups excluding tert-OH is 1. The maximum atomic E-state index is 11.9. The smallest absolute Gasteiger partial charge is 0.321 e. The van der Waals surface area contributed by atoms with E-state index in [1.54, 1.807) is 45.3 Å². The van der Waals surface area contributed by atoms with E-state index in [1.807, 2.05) is 0 Å². The molecule has 6 heteroatoms. The second-order valence-corrected chi connectivity index (χ2v) is 4.57. The number of carbonyl (C=O) groups is 2. The summed E-state index contributed by atoms with van der Waals surface area (Å²) < 4.78 is 0. The average molecular weight is 279 g/mol. The summed E-state index contributed by atoms with van der Waals surface area (Å²) in [4.78, 5) is 24.4. The first-order chi connectivity index (χ1) is 9.43. The molecule has 1 aromatic rings. The van der Waals surface area contributed by atoms with Crippen molar-refractivity contribution in [2.75, 3.05) is 26.0 Å². The topological polar surface area (TPSA) is 81.7 Å². The highest BCUT2D eigenvalue weighted by atomic mass is 16.3. The molecule has 0 saturated carbocycles. The maximum Gasteiger partial charge on any atom is 0.321 e. The van der Waals surface area contributed by atoms with Gasteiger partial charge in [-0.1, -0.05) is 12.1 Å². The van der Waals surface area contributed by atoms with Crippen LogP contribution in [-0.2, 0) is 4.79 Å². The van der Waals surface area contributed by atoms with Gasteiger partial charge in [0.2, 0.25) is 5.91 Å². The van der Waals surface area contributed by atoms with Crippen molar-refractivity contribution in [3.8, 4) is 0 Å². The van der Waals surface area contributed by atoms with Crippen molar-refractivity contribution < 1.29 is 14.7 Å². The highest BCUT2D eigenvalue weighted by Gasteiger charge is 2.10. The second-order valence-electron chi connectivity index (χ2n) is 4.57. The van der Waals surface area contributed by atoms with Gasteiger partial charge in [0.25, 0.3) is 0 Å². The van der Waals surface area contributed by atoms with Gasteiger partial charge in [-0.15, -0.1) is 0 Å². The van der Waals surface area contributed by atoms with Crippen LogP contribution in [0.1, 0.15) is 25.0 Å². The summed E-state index contributed by atoms with van der Waals surface area (Å²) in [6.07, 6.45) is -0.267. The molecule has 6 nitrogen and oxygen atoms in total. The summed E-state index contributed by atoms with van der Waals surface area (Å²) in [6, 6.07) is 6.69. The molecule has 0 saturated heterocycles. The average Bonchev–Trinajstić information content (AvgIpc) is 2.44. The van der Waals surface area contributed by atoms with Crippen LogP contribution in [0, 0.1) is 0 Å². The van der Waals surface area contributed by atoms with E-state index >= 15 is 0 Å². The fourth-order valence-corrected chi connectivity index (χ4v) is 1.56. The van der Waals surface area contributed by atoms with Crippen LogP contribution in [0.15, 0.2) is 24.3 Å². The SMILES string of the molecule is CNC(=O)CCN(C)C(=O)Nc1ccc(C(C)O)cc1. The Bertz CT molecular complexity index is 457. The minimum Gasteiger partial charge on any atom is -0.389 e. The molecule has 20 heavy (non-hydrogen) atoms. The predicted molar refractivity (Wildman–Crippen MR) is 77.4 cm³/mol. The Morgan fingerprint density at radius 1 is 1.30 bits per heavy atom.